The summed E-state index contributed by atoms with van der Waals surface area (Å²) in [4.78, 5) is 11.9. The second-order valence-electron chi connectivity index (χ2n) is 5.02. The Labute approximate surface area is 101 Å². The number of rotatable bonds is 3. The number of nitrogens with zero attached hydrogens (tertiary/aromatic N) is 1. The van der Waals surface area contributed by atoms with Crippen LogP contribution >= 0.6 is 0 Å². The van der Waals surface area contributed by atoms with E-state index in [0.29, 0.717) is 10.2 Å². The molecule has 0 radical (unpaired) electrons. The Morgan fingerprint density at radius 3 is 2.06 bits per heavy atom. The lowest BCUT2D eigenvalue weighted by Gasteiger charge is -2.30. The van der Waals surface area contributed by atoms with E-state index < -0.39 is 0 Å². The highest BCUT2D eigenvalue weighted by molar-refractivity contribution is 5.94. The van der Waals surface area contributed by atoms with Crippen molar-refractivity contribution in [1.29, 1.82) is 0 Å². The fraction of sp³-hybridized carbons (Fsp3) is 0.417. The molecule has 17 heavy (non-hydrogen) atoms. The van der Waals surface area contributed by atoms with Crippen molar-refractivity contribution in [3.8, 4) is 11.5 Å². The minimum atomic E-state index is -0.237. The third-order valence-electron chi connectivity index (χ3n) is 2.71. The average Bonchev–Trinajstić information content (AvgIpc) is 2.13. The zero-order valence-electron chi connectivity index (χ0n) is 10.6. The highest BCUT2D eigenvalue weighted by atomic mass is 16.3. The summed E-state index contributed by atoms with van der Waals surface area (Å²) < 4.78 is 0.497. The van der Waals surface area contributed by atoms with E-state index in [4.69, 9.17) is 0 Å². The number of aromatic hydroxyl groups is 2. The van der Waals surface area contributed by atoms with Gasteiger partial charge in [0.25, 0.3) is 5.91 Å². The van der Waals surface area contributed by atoms with Crippen molar-refractivity contribution in [1.82, 2.24) is 0 Å². The van der Waals surface area contributed by atoms with Crippen molar-refractivity contribution in [3.05, 3.63) is 18.2 Å². The summed E-state index contributed by atoms with van der Waals surface area (Å²) in [5.41, 5.74) is 0.382. The second kappa shape index (κ2) is 4.63. The predicted octanol–water partition coefficient (Wildman–Crippen LogP) is 1.13. The zero-order valence-corrected chi connectivity index (χ0v) is 10.6. The van der Waals surface area contributed by atoms with E-state index in [1.54, 1.807) is 0 Å². The molecule has 1 atom stereocenters. The summed E-state index contributed by atoms with van der Waals surface area (Å²) >= 11 is 0. The number of hydrogen-bond donors (Lipinski definition) is 3. The van der Waals surface area contributed by atoms with Crippen LogP contribution in [0, 0.1) is 0 Å². The average molecular weight is 239 g/mol. The standard InChI is InChI=1S/C12H18N2O3/c1-8(14(2,3)4)12(17)13-9-5-10(15)7-11(16)6-9/h5-8H,1-4H3,(H2-,13,15,16,17)/p+1. The summed E-state index contributed by atoms with van der Waals surface area (Å²) in [5.74, 6) is -0.334. The number of amides is 1. The van der Waals surface area contributed by atoms with Crippen LogP contribution in [-0.4, -0.2) is 47.8 Å². The molecule has 94 valence electrons. The van der Waals surface area contributed by atoms with E-state index in [0.717, 1.165) is 0 Å². The van der Waals surface area contributed by atoms with Gasteiger partial charge in [0.15, 0.2) is 6.04 Å². The number of carbonyl (C=O) groups is 1. The second-order valence-corrected chi connectivity index (χ2v) is 5.02. The van der Waals surface area contributed by atoms with Crippen molar-refractivity contribution in [2.24, 2.45) is 0 Å². The number of quaternary nitrogens is 1. The molecule has 0 saturated carbocycles. The van der Waals surface area contributed by atoms with Crippen LogP contribution in [0.5, 0.6) is 11.5 Å². The molecule has 0 aliphatic heterocycles. The largest absolute Gasteiger partial charge is 0.508 e. The lowest BCUT2D eigenvalue weighted by Crippen LogP contribution is -2.49. The molecule has 1 rings (SSSR count). The molecule has 0 aromatic heterocycles. The zero-order chi connectivity index (χ0) is 13.2. The number of anilines is 1. The smallest absolute Gasteiger partial charge is 0.282 e. The van der Waals surface area contributed by atoms with E-state index in [-0.39, 0.29) is 23.4 Å². The van der Waals surface area contributed by atoms with Gasteiger partial charge in [-0.1, -0.05) is 0 Å². The van der Waals surface area contributed by atoms with Crippen LogP contribution in [0.15, 0.2) is 18.2 Å². The van der Waals surface area contributed by atoms with Crippen LogP contribution in [0.4, 0.5) is 5.69 Å². The van der Waals surface area contributed by atoms with Crippen LogP contribution in [0.25, 0.3) is 0 Å². The first-order valence-corrected chi connectivity index (χ1v) is 5.35. The van der Waals surface area contributed by atoms with Crippen LogP contribution in [0.1, 0.15) is 6.92 Å². The van der Waals surface area contributed by atoms with Gasteiger partial charge in [0.1, 0.15) is 11.5 Å². The Bertz CT molecular complexity index is 404. The van der Waals surface area contributed by atoms with Gasteiger partial charge in [-0.05, 0) is 6.92 Å². The normalized spacial score (nSPS) is 13.2. The topological polar surface area (TPSA) is 69.6 Å². The Balaban J connectivity index is 2.81. The molecule has 0 heterocycles. The fourth-order valence-corrected chi connectivity index (χ4v) is 1.27. The van der Waals surface area contributed by atoms with Gasteiger partial charge in [-0.25, -0.2) is 0 Å². The van der Waals surface area contributed by atoms with Crippen molar-refractivity contribution in [2.45, 2.75) is 13.0 Å². The van der Waals surface area contributed by atoms with E-state index in [1.807, 2.05) is 28.1 Å². The monoisotopic (exact) mass is 239 g/mol. The van der Waals surface area contributed by atoms with E-state index in [9.17, 15) is 15.0 Å². The first-order valence-electron chi connectivity index (χ1n) is 5.35. The van der Waals surface area contributed by atoms with Gasteiger partial charge < -0.3 is 20.0 Å². The molecule has 0 spiro atoms. The highest BCUT2D eigenvalue weighted by Gasteiger charge is 2.26. The van der Waals surface area contributed by atoms with Crippen molar-refractivity contribution < 1.29 is 19.5 Å². The van der Waals surface area contributed by atoms with E-state index in [2.05, 4.69) is 5.32 Å². The molecule has 0 fully saturated rings. The molecular formula is C12H19N2O3+. The number of likely N-dealkylation sites (N-methyl/N-ethyl adjacent to an activating group) is 1. The molecule has 0 aliphatic carbocycles. The molecule has 1 amide bonds. The van der Waals surface area contributed by atoms with Crippen molar-refractivity contribution >= 4 is 11.6 Å². The number of carbonyl (C=O) groups excluding carboxylic acids is 1. The quantitative estimate of drug-likeness (QED) is 0.693. The van der Waals surface area contributed by atoms with Crippen LogP contribution in [-0.2, 0) is 4.79 Å². The molecule has 1 aromatic rings. The number of phenolic OH excluding ortho intramolecular Hbond substituents is 2. The number of hydrogen-bond acceptors (Lipinski definition) is 3. The number of benzene rings is 1. The summed E-state index contributed by atoms with van der Waals surface area (Å²) in [6.45, 7) is 1.82. The summed E-state index contributed by atoms with van der Waals surface area (Å²) in [6.07, 6.45) is 0. The van der Waals surface area contributed by atoms with Gasteiger partial charge in [-0.15, -0.1) is 0 Å². The van der Waals surface area contributed by atoms with Crippen LogP contribution < -0.4 is 5.32 Å². The van der Waals surface area contributed by atoms with E-state index in [1.165, 1.54) is 18.2 Å². The first kappa shape index (κ1) is 13.3. The lowest BCUT2D eigenvalue weighted by molar-refractivity contribution is -0.884. The highest BCUT2D eigenvalue weighted by Crippen LogP contribution is 2.24. The van der Waals surface area contributed by atoms with Gasteiger partial charge in [-0.2, -0.15) is 0 Å². The minimum Gasteiger partial charge on any atom is -0.508 e. The molecule has 1 unspecified atom stereocenters. The van der Waals surface area contributed by atoms with Gasteiger partial charge in [0.2, 0.25) is 0 Å². The Hall–Kier alpha value is -1.75. The number of phenols is 2. The third kappa shape index (κ3) is 3.64. The maximum atomic E-state index is 11.9. The van der Waals surface area contributed by atoms with Gasteiger partial charge in [0, 0.05) is 23.9 Å². The van der Waals surface area contributed by atoms with Gasteiger partial charge in [0.05, 0.1) is 21.1 Å². The van der Waals surface area contributed by atoms with Crippen molar-refractivity contribution in [3.63, 3.8) is 0 Å². The predicted molar refractivity (Wildman–Crippen MR) is 65.9 cm³/mol. The Kier molecular flexibility index (Phi) is 3.63. The molecule has 5 nitrogen and oxygen atoms in total. The molecular weight excluding hydrogens is 220 g/mol. The van der Waals surface area contributed by atoms with E-state index >= 15 is 0 Å². The summed E-state index contributed by atoms with van der Waals surface area (Å²) in [5, 5.41) is 21.2. The SMILES string of the molecule is CC(C(=O)Nc1cc(O)cc(O)c1)[N+](C)(C)C. The third-order valence-corrected chi connectivity index (χ3v) is 2.71. The van der Waals surface area contributed by atoms with Gasteiger partial charge >= 0.3 is 0 Å². The number of nitrogens with one attached hydrogen (secondary N) is 1. The molecule has 0 saturated heterocycles. The molecule has 5 heteroatoms. The van der Waals surface area contributed by atoms with Gasteiger partial charge in [-0.3, -0.25) is 4.79 Å². The minimum absolute atomic E-state index is 0.0850. The van der Waals surface area contributed by atoms with Crippen LogP contribution in [0.2, 0.25) is 0 Å². The maximum absolute atomic E-state index is 11.9. The molecule has 1 aromatic carbocycles. The summed E-state index contributed by atoms with van der Waals surface area (Å²) in [7, 11) is 5.76. The lowest BCUT2D eigenvalue weighted by atomic mass is 10.2. The Morgan fingerprint density at radius 1 is 1.18 bits per heavy atom. The Morgan fingerprint density at radius 2 is 1.65 bits per heavy atom. The molecule has 0 bridgehead atoms. The summed E-state index contributed by atoms with van der Waals surface area (Å²) in [6, 6.07) is 3.75. The van der Waals surface area contributed by atoms with Crippen LogP contribution in [0.3, 0.4) is 0 Å². The molecule has 0 aliphatic rings. The maximum Gasteiger partial charge on any atom is 0.282 e. The first-order chi connectivity index (χ1) is 7.70. The molecule has 3 N–H and O–H groups in total. The fourth-order valence-electron chi connectivity index (χ4n) is 1.27. The van der Waals surface area contributed by atoms with Crippen molar-refractivity contribution in [2.75, 3.05) is 26.5 Å².